The van der Waals surface area contributed by atoms with Crippen molar-refractivity contribution in [3.63, 3.8) is 0 Å². The maximum atomic E-state index is 12.1. The summed E-state index contributed by atoms with van der Waals surface area (Å²) in [6, 6.07) is -0.292. The largest absolute Gasteiger partial charge is 0.350 e. The van der Waals surface area contributed by atoms with E-state index in [1.807, 2.05) is 25.9 Å². The number of nitrogens with one attached hydrogen (secondary N) is 1. The van der Waals surface area contributed by atoms with Gasteiger partial charge in [0.15, 0.2) is 0 Å². The van der Waals surface area contributed by atoms with Gasteiger partial charge in [-0.3, -0.25) is 14.5 Å². The molecule has 5 heteroatoms. The Hall–Kier alpha value is -1.10. The highest BCUT2D eigenvalue weighted by Gasteiger charge is 2.30. The minimum atomic E-state index is -0.688. The fraction of sp³-hybridized carbons (Fsp3) is 0.846. The Morgan fingerprint density at radius 3 is 2.56 bits per heavy atom. The lowest BCUT2D eigenvalue weighted by atomic mass is 9.89. The summed E-state index contributed by atoms with van der Waals surface area (Å²) in [7, 11) is 5.37. The number of hydrogen-bond acceptors (Lipinski definition) is 3. The maximum absolute atomic E-state index is 12.1. The zero-order valence-electron chi connectivity index (χ0n) is 12.8. The van der Waals surface area contributed by atoms with E-state index in [0.29, 0.717) is 0 Å². The van der Waals surface area contributed by atoms with Crippen LogP contribution in [0.15, 0.2) is 0 Å². The Morgan fingerprint density at radius 1 is 1.39 bits per heavy atom. The third-order valence-corrected chi connectivity index (χ3v) is 3.85. The third kappa shape index (κ3) is 3.70. The number of likely N-dealkylation sites (N-methyl/N-ethyl adjacent to an activating group) is 2. The number of rotatable bonds is 4. The van der Waals surface area contributed by atoms with Crippen LogP contribution in [0, 0.1) is 0 Å². The van der Waals surface area contributed by atoms with Gasteiger partial charge in [0.2, 0.25) is 12.3 Å². The van der Waals surface area contributed by atoms with Crippen LogP contribution in [0.25, 0.3) is 0 Å². The summed E-state index contributed by atoms with van der Waals surface area (Å²) in [6.07, 6.45) is 3.12. The van der Waals surface area contributed by atoms with E-state index in [1.54, 1.807) is 7.05 Å². The fourth-order valence-corrected chi connectivity index (χ4v) is 2.35. The standard InChI is InChI=1S/C13H25N3O2/c1-10(15(2)3)13(18)14-11-7-5-6-8-12(11)16(4)9-17/h9-12H,5-8H2,1-4H3,(H,14,18)/i9D. The Morgan fingerprint density at radius 2 is 2.00 bits per heavy atom. The molecule has 1 N–H and O–H groups in total. The van der Waals surface area contributed by atoms with E-state index in [-0.39, 0.29) is 24.0 Å². The van der Waals surface area contributed by atoms with Crippen LogP contribution in [0.1, 0.15) is 34.0 Å². The molecule has 0 spiro atoms. The molecule has 0 radical (unpaired) electrons. The molecule has 0 aromatic rings. The van der Waals surface area contributed by atoms with Gasteiger partial charge in [0.1, 0.15) is 1.37 Å². The smallest absolute Gasteiger partial charge is 0.237 e. The van der Waals surface area contributed by atoms with E-state index < -0.39 is 6.39 Å². The van der Waals surface area contributed by atoms with Crippen LogP contribution in [-0.4, -0.2) is 61.4 Å². The lowest BCUT2D eigenvalue weighted by Crippen LogP contribution is -2.55. The molecular formula is C13H25N3O2. The summed E-state index contributed by atoms with van der Waals surface area (Å²) in [4.78, 5) is 26.6. The minimum absolute atomic E-state index is 0.0206. The molecule has 104 valence electrons. The van der Waals surface area contributed by atoms with Gasteiger partial charge in [-0.05, 0) is 33.9 Å². The van der Waals surface area contributed by atoms with E-state index in [2.05, 4.69) is 5.32 Å². The van der Waals surface area contributed by atoms with Gasteiger partial charge in [-0.15, -0.1) is 0 Å². The summed E-state index contributed by atoms with van der Waals surface area (Å²) >= 11 is 0. The van der Waals surface area contributed by atoms with Crippen molar-refractivity contribution in [2.45, 2.75) is 50.7 Å². The van der Waals surface area contributed by atoms with E-state index in [9.17, 15) is 9.59 Å². The highest BCUT2D eigenvalue weighted by Crippen LogP contribution is 2.22. The average molecular weight is 256 g/mol. The second kappa shape index (κ2) is 6.73. The van der Waals surface area contributed by atoms with Crippen molar-refractivity contribution in [3.05, 3.63) is 0 Å². The predicted octanol–water partition coefficient (Wildman–Crippen LogP) is 0.452. The molecule has 1 aliphatic carbocycles. The molecular weight excluding hydrogens is 230 g/mol. The van der Waals surface area contributed by atoms with Crippen molar-refractivity contribution < 1.29 is 11.0 Å². The maximum Gasteiger partial charge on any atom is 0.237 e. The van der Waals surface area contributed by atoms with E-state index in [0.717, 1.165) is 25.7 Å². The monoisotopic (exact) mass is 256 g/mol. The second-order valence-electron chi connectivity index (χ2n) is 5.31. The Balaban J connectivity index is 2.67. The molecule has 0 saturated heterocycles. The fourth-order valence-electron chi connectivity index (χ4n) is 2.35. The lowest BCUT2D eigenvalue weighted by Gasteiger charge is -2.37. The Kier molecular flexibility index (Phi) is 4.99. The van der Waals surface area contributed by atoms with E-state index in [4.69, 9.17) is 1.37 Å². The minimum Gasteiger partial charge on any atom is -0.350 e. The molecule has 18 heavy (non-hydrogen) atoms. The number of carbonyl (C=O) groups is 2. The highest BCUT2D eigenvalue weighted by molar-refractivity contribution is 5.81. The van der Waals surface area contributed by atoms with Crippen LogP contribution in [-0.2, 0) is 9.59 Å². The van der Waals surface area contributed by atoms with Gasteiger partial charge in [-0.25, -0.2) is 0 Å². The molecule has 1 saturated carbocycles. The van der Waals surface area contributed by atoms with Crippen molar-refractivity contribution in [1.82, 2.24) is 15.1 Å². The summed E-state index contributed by atoms with van der Waals surface area (Å²) in [5.74, 6) is -0.0206. The molecule has 0 heterocycles. The first-order chi connectivity index (χ1) is 8.84. The number of nitrogens with zero attached hydrogens (tertiary/aromatic N) is 2. The van der Waals surface area contributed by atoms with Crippen LogP contribution in [0.5, 0.6) is 0 Å². The Labute approximate surface area is 111 Å². The Bertz CT molecular complexity index is 336. The van der Waals surface area contributed by atoms with Crippen LogP contribution in [0.4, 0.5) is 0 Å². The molecule has 0 aromatic carbocycles. The van der Waals surface area contributed by atoms with Crippen molar-refractivity contribution in [2.24, 2.45) is 0 Å². The SMILES string of the molecule is [2H]C(=O)N(C)C1CCCCC1NC(=O)C(C)N(C)C. The molecule has 3 unspecified atom stereocenters. The summed E-state index contributed by atoms with van der Waals surface area (Å²) < 4.78 is 7.21. The van der Waals surface area contributed by atoms with Gasteiger partial charge < -0.3 is 10.2 Å². The average Bonchev–Trinajstić information content (AvgIpc) is 2.37. The highest BCUT2D eigenvalue weighted by atomic mass is 16.2. The predicted molar refractivity (Wildman–Crippen MR) is 71.2 cm³/mol. The van der Waals surface area contributed by atoms with Crippen LogP contribution in [0.2, 0.25) is 0 Å². The van der Waals surface area contributed by atoms with Gasteiger partial charge in [0, 0.05) is 13.1 Å². The molecule has 1 fully saturated rings. The summed E-state index contributed by atoms with van der Waals surface area (Å²) in [6.45, 7) is 1.85. The molecule has 0 bridgehead atoms. The molecule has 0 aliphatic heterocycles. The van der Waals surface area contributed by atoms with E-state index in [1.165, 1.54) is 4.90 Å². The molecule has 1 aliphatic rings. The molecule has 3 atom stereocenters. The van der Waals surface area contributed by atoms with Gasteiger partial charge >= 0.3 is 0 Å². The summed E-state index contributed by atoms with van der Waals surface area (Å²) in [5, 5.41) is 3.03. The van der Waals surface area contributed by atoms with Crippen molar-refractivity contribution >= 4 is 12.3 Å². The van der Waals surface area contributed by atoms with Crippen LogP contribution < -0.4 is 5.32 Å². The quantitative estimate of drug-likeness (QED) is 0.743. The first-order valence-corrected chi connectivity index (χ1v) is 6.54. The van der Waals surface area contributed by atoms with Crippen molar-refractivity contribution in [3.8, 4) is 0 Å². The van der Waals surface area contributed by atoms with Crippen molar-refractivity contribution in [1.29, 1.82) is 0 Å². The number of hydrogen-bond donors (Lipinski definition) is 1. The third-order valence-electron chi connectivity index (χ3n) is 3.85. The number of carbonyl (C=O) groups excluding carboxylic acids is 2. The lowest BCUT2D eigenvalue weighted by molar-refractivity contribution is -0.128. The topological polar surface area (TPSA) is 52.7 Å². The molecule has 5 nitrogen and oxygen atoms in total. The first-order valence-electron chi connectivity index (χ1n) is 7.04. The summed E-state index contributed by atoms with van der Waals surface area (Å²) in [5.41, 5.74) is 0. The van der Waals surface area contributed by atoms with Gasteiger partial charge in [0.25, 0.3) is 0 Å². The van der Waals surface area contributed by atoms with Gasteiger partial charge in [-0.2, -0.15) is 0 Å². The van der Waals surface area contributed by atoms with Gasteiger partial charge in [-0.1, -0.05) is 12.8 Å². The van der Waals surface area contributed by atoms with Crippen LogP contribution in [0.3, 0.4) is 0 Å². The second-order valence-corrected chi connectivity index (χ2v) is 5.31. The molecule has 0 aromatic heterocycles. The van der Waals surface area contributed by atoms with E-state index >= 15 is 0 Å². The molecule has 2 amide bonds. The normalized spacial score (nSPS) is 26.4. The number of amides is 2. The first kappa shape index (κ1) is 13.3. The van der Waals surface area contributed by atoms with Crippen molar-refractivity contribution in [2.75, 3.05) is 21.1 Å². The van der Waals surface area contributed by atoms with Crippen LogP contribution >= 0.6 is 0 Å². The molecule has 1 rings (SSSR count). The van der Waals surface area contributed by atoms with Gasteiger partial charge in [0.05, 0.1) is 12.1 Å². The zero-order chi connectivity index (χ0) is 14.6. The zero-order valence-corrected chi connectivity index (χ0v) is 11.8.